The number of aliphatic hydroxyl groups is 1. The second-order valence-corrected chi connectivity index (χ2v) is 2.57. The molecule has 3 heteroatoms. The summed E-state index contributed by atoms with van der Waals surface area (Å²) in [5, 5.41) is 11.4. The van der Waals surface area contributed by atoms with Gasteiger partial charge in [-0.2, -0.15) is 0 Å². The first kappa shape index (κ1) is 8.74. The second kappa shape index (κ2) is 3.88. The molecule has 64 valence electrons. The van der Waals surface area contributed by atoms with Crippen molar-refractivity contribution < 1.29 is 9.90 Å². The molecular formula is C9H11NO2. The van der Waals surface area contributed by atoms with Gasteiger partial charge in [-0.15, -0.1) is 0 Å². The molecule has 1 aromatic rings. The largest absolute Gasteiger partial charge is 0.392 e. The summed E-state index contributed by atoms with van der Waals surface area (Å²) < 4.78 is 0. The molecule has 1 rings (SSSR count). The van der Waals surface area contributed by atoms with Crippen molar-refractivity contribution in [2.24, 2.45) is 0 Å². The van der Waals surface area contributed by atoms with Crippen LogP contribution in [-0.2, 0) is 11.4 Å². The number of carbonyl (C=O) groups is 1. The average molecular weight is 165 g/mol. The van der Waals surface area contributed by atoms with Gasteiger partial charge in [0.25, 0.3) is 0 Å². The highest BCUT2D eigenvalue weighted by Crippen LogP contribution is 2.15. The van der Waals surface area contributed by atoms with E-state index in [2.05, 4.69) is 5.32 Å². The molecule has 0 spiro atoms. The number of carbonyl (C=O) groups excluding carboxylic acids is 1. The number of hydrogen-bond acceptors (Lipinski definition) is 2. The van der Waals surface area contributed by atoms with Gasteiger partial charge in [-0.3, -0.25) is 4.79 Å². The van der Waals surface area contributed by atoms with E-state index in [9.17, 15) is 4.79 Å². The third kappa shape index (κ3) is 1.83. The number of rotatable bonds is 3. The maximum absolute atomic E-state index is 10.2. The Morgan fingerprint density at radius 3 is 2.92 bits per heavy atom. The first-order valence-electron chi connectivity index (χ1n) is 3.68. The van der Waals surface area contributed by atoms with Crippen molar-refractivity contribution in [1.29, 1.82) is 0 Å². The number of amides is 1. The van der Waals surface area contributed by atoms with Gasteiger partial charge in [-0.25, -0.2) is 0 Å². The summed E-state index contributed by atoms with van der Waals surface area (Å²) in [5.41, 5.74) is 2.53. The average Bonchev–Trinajstić information content (AvgIpc) is 2.09. The SMILES string of the molecule is Cc1ccc(CO)cc1NC=O. The topological polar surface area (TPSA) is 49.3 Å². The molecule has 0 saturated heterocycles. The van der Waals surface area contributed by atoms with Gasteiger partial charge >= 0.3 is 0 Å². The first-order valence-corrected chi connectivity index (χ1v) is 3.68. The fourth-order valence-corrected chi connectivity index (χ4v) is 0.986. The molecule has 0 radical (unpaired) electrons. The van der Waals surface area contributed by atoms with Crippen LogP contribution < -0.4 is 5.32 Å². The van der Waals surface area contributed by atoms with E-state index in [0.29, 0.717) is 6.41 Å². The lowest BCUT2D eigenvalue weighted by Gasteiger charge is -2.05. The molecule has 0 atom stereocenters. The zero-order valence-corrected chi connectivity index (χ0v) is 6.87. The minimum atomic E-state index is -0.00613. The number of benzene rings is 1. The van der Waals surface area contributed by atoms with Crippen molar-refractivity contribution in [3.8, 4) is 0 Å². The minimum Gasteiger partial charge on any atom is -0.392 e. The van der Waals surface area contributed by atoms with Crippen molar-refractivity contribution in [2.75, 3.05) is 5.32 Å². The highest BCUT2D eigenvalue weighted by Gasteiger charge is 1.97. The molecule has 1 amide bonds. The summed E-state index contributed by atoms with van der Waals surface area (Å²) in [6, 6.07) is 5.44. The van der Waals surface area contributed by atoms with Crippen LogP contribution in [0.5, 0.6) is 0 Å². The quantitative estimate of drug-likeness (QED) is 0.658. The molecule has 3 nitrogen and oxygen atoms in total. The molecule has 2 N–H and O–H groups in total. The number of aryl methyl sites for hydroxylation is 1. The smallest absolute Gasteiger partial charge is 0.211 e. The van der Waals surface area contributed by atoms with E-state index >= 15 is 0 Å². The number of hydrogen-bond donors (Lipinski definition) is 2. The standard InChI is InChI=1S/C9H11NO2/c1-7-2-3-8(5-11)4-9(7)10-6-12/h2-4,6,11H,5H2,1H3,(H,10,12). The summed E-state index contributed by atoms with van der Waals surface area (Å²) >= 11 is 0. The Morgan fingerprint density at radius 1 is 1.58 bits per heavy atom. The molecule has 1 aromatic carbocycles. The van der Waals surface area contributed by atoms with E-state index in [1.807, 2.05) is 19.1 Å². The number of anilines is 1. The molecule has 0 heterocycles. The van der Waals surface area contributed by atoms with Crippen molar-refractivity contribution in [1.82, 2.24) is 0 Å². The van der Waals surface area contributed by atoms with Crippen LogP contribution in [-0.4, -0.2) is 11.5 Å². The Kier molecular flexibility index (Phi) is 2.82. The number of aliphatic hydroxyl groups excluding tert-OH is 1. The third-order valence-corrected chi connectivity index (χ3v) is 1.70. The van der Waals surface area contributed by atoms with Crippen molar-refractivity contribution in [3.63, 3.8) is 0 Å². The van der Waals surface area contributed by atoms with Crippen LogP contribution in [0.1, 0.15) is 11.1 Å². The maximum Gasteiger partial charge on any atom is 0.211 e. The first-order chi connectivity index (χ1) is 5.77. The van der Waals surface area contributed by atoms with Crippen LogP contribution in [0.15, 0.2) is 18.2 Å². The lowest BCUT2D eigenvalue weighted by Crippen LogP contribution is -1.97. The summed E-state index contributed by atoms with van der Waals surface area (Å²) in [6.07, 6.45) is 0.628. The van der Waals surface area contributed by atoms with Gasteiger partial charge in [0.2, 0.25) is 6.41 Å². The minimum absolute atomic E-state index is 0.00613. The van der Waals surface area contributed by atoms with Crippen molar-refractivity contribution in [3.05, 3.63) is 29.3 Å². The van der Waals surface area contributed by atoms with Gasteiger partial charge in [-0.1, -0.05) is 12.1 Å². The van der Waals surface area contributed by atoms with Crippen LogP contribution >= 0.6 is 0 Å². The van der Waals surface area contributed by atoms with Gasteiger partial charge in [0.05, 0.1) is 6.61 Å². The Hall–Kier alpha value is -1.35. The predicted molar refractivity (Wildman–Crippen MR) is 46.8 cm³/mol. The van der Waals surface area contributed by atoms with Crippen LogP contribution in [0, 0.1) is 6.92 Å². The fraction of sp³-hybridized carbons (Fsp3) is 0.222. The van der Waals surface area contributed by atoms with Crippen LogP contribution in [0.3, 0.4) is 0 Å². The monoisotopic (exact) mass is 165 g/mol. The normalized spacial score (nSPS) is 9.50. The van der Waals surface area contributed by atoms with E-state index in [1.165, 1.54) is 0 Å². The number of nitrogens with one attached hydrogen (secondary N) is 1. The van der Waals surface area contributed by atoms with Gasteiger partial charge in [-0.05, 0) is 24.1 Å². The summed E-state index contributed by atoms with van der Waals surface area (Å²) in [5.74, 6) is 0. The molecule has 0 aliphatic rings. The molecule has 12 heavy (non-hydrogen) atoms. The lowest BCUT2D eigenvalue weighted by atomic mass is 10.1. The van der Waals surface area contributed by atoms with E-state index in [1.54, 1.807) is 6.07 Å². The summed E-state index contributed by atoms with van der Waals surface area (Å²) in [7, 11) is 0. The second-order valence-electron chi connectivity index (χ2n) is 2.57. The van der Waals surface area contributed by atoms with Crippen LogP contribution in [0.25, 0.3) is 0 Å². The zero-order chi connectivity index (χ0) is 8.97. The highest BCUT2D eigenvalue weighted by atomic mass is 16.3. The third-order valence-electron chi connectivity index (χ3n) is 1.70. The molecule has 0 bridgehead atoms. The Labute approximate surface area is 71.0 Å². The Bertz CT molecular complexity index is 284. The highest BCUT2D eigenvalue weighted by molar-refractivity contribution is 5.73. The molecule has 0 aliphatic heterocycles. The fourth-order valence-electron chi connectivity index (χ4n) is 0.986. The van der Waals surface area contributed by atoms with E-state index in [4.69, 9.17) is 5.11 Å². The van der Waals surface area contributed by atoms with Gasteiger partial charge in [0, 0.05) is 5.69 Å². The maximum atomic E-state index is 10.2. The summed E-state index contributed by atoms with van der Waals surface area (Å²) in [4.78, 5) is 10.2. The van der Waals surface area contributed by atoms with E-state index in [0.717, 1.165) is 16.8 Å². The van der Waals surface area contributed by atoms with Gasteiger partial charge < -0.3 is 10.4 Å². The van der Waals surface area contributed by atoms with E-state index < -0.39 is 0 Å². The molecule has 0 aromatic heterocycles. The molecular weight excluding hydrogens is 154 g/mol. The van der Waals surface area contributed by atoms with Crippen LogP contribution in [0.2, 0.25) is 0 Å². The molecule has 0 unspecified atom stereocenters. The van der Waals surface area contributed by atoms with E-state index in [-0.39, 0.29) is 6.61 Å². The summed E-state index contributed by atoms with van der Waals surface area (Å²) in [6.45, 7) is 1.89. The van der Waals surface area contributed by atoms with Crippen molar-refractivity contribution >= 4 is 12.1 Å². The Morgan fingerprint density at radius 2 is 2.33 bits per heavy atom. The lowest BCUT2D eigenvalue weighted by molar-refractivity contribution is -0.105. The zero-order valence-electron chi connectivity index (χ0n) is 6.87. The molecule has 0 aliphatic carbocycles. The molecule has 0 fully saturated rings. The van der Waals surface area contributed by atoms with Gasteiger partial charge in [0.1, 0.15) is 0 Å². The Balaban J connectivity index is 2.99. The van der Waals surface area contributed by atoms with Crippen LogP contribution in [0.4, 0.5) is 5.69 Å². The predicted octanol–water partition coefficient (Wildman–Crippen LogP) is 1.06. The van der Waals surface area contributed by atoms with Gasteiger partial charge in [0.15, 0.2) is 0 Å². The van der Waals surface area contributed by atoms with Crippen molar-refractivity contribution in [2.45, 2.75) is 13.5 Å². The molecule has 0 saturated carbocycles.